The quantitative estimate of drug-likeness (QED) is 0.546. The Labute approximate surface area is 159 Å². The van der Waals surface area contributed by atoms with Crippen LogP contribution >= 0.6 is 23.2 Å². The first-order valence-corrected chi connectivity index (χ1v) is 8.97. The number of phenolic OH excluding ortho intramolecular Hbond substituents is 1. The van der Waals surface area contributed by atoms with Gasteiger partial charge in [-0.3, -0.25) is 0 Å². The normalized spacial score (nSPS) is 13.6. The zero-order valence-electron chi connectivity index (χ0n) is 13.6. The molecule has 2 aromatic carbocycles. The van der Waals surface area contributed by atoms with Gasteiger partial charge < -0.3 is 19.9 Å². The van der Waals surface area contributed by atoms with Crippen LogP contribution in [-0.2, 0) is 12.8 Å². The van der Waals surface area contributed by atoms with Gasteiger partial charge in [0.05, 0.1) is 10.0 Å². The molecule has 5 nitrogen and oxygen atoms in total. The van der Waals surface area contributed by atoms with E-state index in [9.17, 15) is 9.90 Å². The third-order valence-corrected chi connectivity index (χ3v) is 5.34. The molecule has 0 aliphatic heterocycles. The lowest BCUT2D eigenvalue weighted by molar-refractivity contribution is 0.0691. The molecule has 0 unspecified atom stereocenters. The van der Waals surface area contributed by atoms with Crippen LogP contribution in [0.4, 0.5) is 0 Å². The first-order valence-electron chi connectivity index (χ1n) is 8.21. The van der Waals surface area contributed by atoms with Crippen molar-refractivity contribution in [2.24, 2.45) is 0 Å². The number of nitrogens with one attached hydrogen (secondary N) is 1. The maximum atomic E-state index is 11.2. The smallest absolute Gasteiger partial charge is 0.352 e. The van der Waals surface area contributed by atoms with Gasteiger partial charge in [0.2, 0.25) is 0 Å². The van der Waals surface area contributed by atoms with Crippen LogP contribution in [-0.4, -0.2) is 21.2 Å². The third kappa shape index (κ3) is 2.77. The fourth-order valence-electron chi connectivity index (χ4n) is 3.42. The van der Waals surface area contributed by atoms with E-state index in [0.29, 0.717) is 16.7 Å². The first kappa shape index (κ1) is 17.1. The molecular formula is C19H15Cl2NO4. The molecular weight excluding hydrogens is 377 g/mol. The van der Waals surface area contributed by atoms with Crippen LogP contribution in [0.1, 0.15) is 34.5 Å². The van der Waals surface area contributed by atoms with Crippen LogP contribution in [0.25, 0.3) is 10.9 Å². The van der Waals surface area contributed by atoms with Crippen molar-refractivity contribution < 1.29 is 19.7 Å². The highest BCUT2D eigenvalue weighted by atomic mass is 35.5. The Bertz CT molecular complexity index is 1040. The number of carbonyl (C=O) groups is 1. The second-order valence-corrected chi connectivity index (χ2v) is 7.09. The van der Waals surface area contributed by atoms with Gasteiger partial charge in [-0.1, -0.05) is 23.2 Å². The van der Waals surface area contributed by atoms with Gasteiger partial charge in [0.15, 0.2) is 5.75 Å². The molecule has 4 rings (SSSR count). The topological polar surface area (TPSA) is 82.6 Å². The molecule has 1 aliphatic rings. The van der Waals surface area contributed by atoms with E-state index in [1.807, 2.05) is 0 Å². The van der Waals surface area contributed by atoms with E-state index in [-0.39, 0.29) is 27.2 Å². The van der Waals surface area contributed by atoms with Gasteiger partial charge in [0.1, 0.15) is 17.2 Å². The predicted molar refractivity (Wildman–Crippen MR) is 100 cm³/mol. The lowest BCUT2D eigenvalue weighted by Crippen LogP contribution is -2.05. The summed E-state index contributed by atoms with van der Waals surface area (Å²) in [5.74, 6) is 0.0739. The van der Waals surface area contributed by atoms with Crippen molar-refractivity contribution in [1.29, 1.82) is 0 Å². The van der Waals surface area contributed by atoms with E-state index in [0.717, 1.165) is 36.8 Å². The zero-order chi connectivity index (χ0) is 18.4. The molecule has 0 radical (unpaired) electrons. The van der Waals surface area contributed by atoms with Gasteiger partial charge in [-0.05, 0) is 49.9 Å². The van der Waals surface area contributed by atoms with Crippen LogP contribution in [0.15, 0.2) is 24.3 Å². The summed E-state index contributed by atoms with van der Waals surface area (Å²) in [7, 11) is 0. The summed E-state index contributed by atoms with van der Waals surface area (Å²) in [4.78, 5) is 13.9. The van der Waals surface area contributed by atoms with Gasteiger partial charge in [-0.15, -0.1) is 0 Å². The summed E-state index contributed by atoms with van der Waals surface area (Å²) in [6.45, 7) is 0. The highest BCUT2D eigenvalue weighted by molar-refractivity contribution is 6.41. The summed E-state index contributed by atoms with van der Waals surface area (Å²) in [6.07, 6.45) is 3.66. The van der Waals surface area contributed by atoms with E-state index in [1.165, 1.54) is 6.07 Å². The number of benzene rings is 2. The Kier molecular flexibility index (Phi) is 4.21. The minimum Gasteiger partial charge on any atom is -0.508 e. The number of fused-ring (bicyclic) bond motifs is 2. The molecule has 0 saturated heterocycles. The van der Waals surface area contributed by atoms with Crippen LogP contribution in [0.5, 0.6) is 17.2 Å². The third-order valence-electron chi connectivity index (χ3n) is 4.68. The van der Waals surface area contributed by atoms with Gasteiger partial charge in [-0.25, -0.2) is 4.79 Å². The summed E-state index contributed by atoms with van der Waals surface area (Å²) in [5.41, 5.74) is 2.41. The van der Waals surface area contributed by atoms with E-state index in [2.05, 4.69) is 4.98 Å². The second kappa shape index (κ2) is 6.41. The molecule has 0 spiro atoms. The van der Waals surface area contributed by atoms with Crippen LogP contribution in [0, 0.1) is 0 Å². The number of rotatable bonds is 3. The van der Waals surface area contributed by atoms with Crippen molar-refractivity contribution in [3.63, 3.8) is 0 Å². The molecule has 1 aromatic heterocycles. The van der Waals surface area contributed by atoms with Gasteiger partial charge in [0.25, 0.3) is 0 Å². The summed E-state index contributed by atoms with van der Waals surface area (Å²) >= 11 is 12.8. The molecule has 26 heavy (non-hydrogen) atoms. The van der Waals surface area contributed by atoms with E-state index in [4.69, 9.17) is 33.0 Å². The summed E-state index contributed by atoms with van der Waals surface area (Å²) in [5, 5.41) is 20.3. The van der Waals surface area contributed by atoms with Crippen molar-refractivity contribution in [2.75, 3.05) is 0 Å². The van der Waals surface area contributed by atoms with Gasteiger partial charge >= 0.3 is 5.97 Å². The number of carboxylic acids is 1. The van der Waals surface area contributed by atoms with Crippen molar-refractivity contribution in [3.8, 4) is 17.2 Å². The van der Waals surface area contributed by atoms with Crippen molar-refractivity contribution in [2.45, 2.75) is 25.7 Å². The number of ether oxygens (including phenoxy) is 1. The van der Waals surface area contributed by atoms with Crippen molar-refractivity contribution >= 4 is 40.1 Å². The number of aromatic hydroxyl groups is 1. The lowest BCUT2D eigenvalue weighted by Gasteiger charge is -2.21. The number of aromatic carboxylic acids is 1. The Morgan fingerprint density at radius 1 is 1.12 bits per heavy atom. The lowest BCUT2D eigenvalue weighted by atomic mass is 9.90. The number of carboxylic acid groups (broad SMARTS) is 1. The van der Waals surface area contributed by atoms with E-state index in [1.54, 1.807) is 18.2 Å². The predicted octanol–water partition coefficient (Wildman–Crippen LogP) is 5.55. The average Bonchev–Trinajstić information content (AvgIpc) is 3.05. The van der Waals surface area contributed by atoms with Crippen molar-refractivity contribution in [3.05, 3.63) is 51.1 Å². The molecule has 134 valence electrons. The van der Waals surface area contributed by atoms with E-state index < -0.39 is 5.97 Å². The monoisotopic (exact) mass is 391 g/mol. The summed E-state index contributed by atoms with van der Waals surface area (Å²) in [6, 6.07) is 6.36. The highest BCUT2D eigenvalue weighted by Crippen LogP contribution is 2.44. The Hall–Kier alpha value is -2.37. The molecule has 3 aromatic rings. The minimum absolute atomic E-state index is 0.0251. The van der Waals surface area contributed by atoms with Crippen molar-refractivity contribution in [1.82, 2.24) is 4.98 Å². The van der Waals surface area contributed by atoms with Gasteiger partial charge in [0, 0.05) is 22.0 Å². The van der Waals surface area contributed by atoms with Crippen LogP contribution < -0.4 is 4.74 Å². The van der Waals surface area contributed by atoms with Gasteiger partial charge in [-0.2, -0.15) is 0 Å². The molecule has 3 N–H and O–H groups in total. The second-order valence-electron chi connectivity index (χ2n) is 6.30. The van der Waals surface area contributed by atoms with E-state index >= 15 is 0 Å². The zero-order valence-corrected chi connectivity index (χ0v) is 15.1. The fraction of sp³-hybridized carbons (Fsp3) is 0.211. The highest BCUT2D eigenvalue weighted by Gasteiger charge is 2.21. The molecule has 1 heterocycles. The molecule has 0 fully saturated rings. The number of hydrogen-bond acceptors (Lipinski definition) is 3. The standard InChI is InChI=1S/C19H15Cl2NO4/c20-12-8-13-11(7-14(22-13)19(24)25)17(21)18(12)26-16-6-5-15(23)9-3-1-2-4-10(9)16/h5-8,22-23H,1-4H2,(H,24,25). The molecule has 7 heteroatoms. The largest absolute Gasteiger partial charge is 0.508 e. The fourth-order valence-corrected chi connectivity index (χ4v) is 4.00. The Morgan fingerprint density at radius 2 is 1.85 bits per heavy atom. The maximum absolute atomic E-state index is 11.2. The number of halogens is 2. The number of aromatic amines is 1. The number of H-pyrrole nitrogens is 1. The maximum Gasteiger partial charge on any atom is 0.352 e. The van der Waals surface area contributed by atoms with Crippen LogP contribution in [0.3, 0.4) is 0 Å². The number of phenols is 1. The molecule has 1 aliphatic carbocycles. The Balaban J connectivity index is 1.82. The molecule has 0 bridgehead atoms. The number of aromatic nitrogens is 1. The first-order chi connectivity index (χ1) is 12.5. The SMILES string of the molecule is O=C(O)c1cc2c(Cl)c(Oc3ccc(O)c4c3CCCC4)c(Cl)cc2[nH]1. The van der Waals surface area contributed by atoms with Crippen LogP contribution in [0.2, 0.25) is 10.0 Å². The molecule has 0 atom stereocenters. The molecule has 0 amide bonds. The Morgan fingerprint density at radius 3 is 2.58 bits per heavy atom. The number of hydrogen-bond donors (Lipinski definition) is 3. The average molecular weight is 392 g/mol. The molecule has 0 saturated carbocycles. The summed E-state index contributed by atoms with van der Waals surface area (Å²) < 4.78 is 6.03. The minimum atomic E-state index is -1.08.